The number of rotatable bonds is 7. The SMILES string of the molecule is COc1cc(C(=O)N2C[C@H]3CC[C@@H]2[C@@H]3N)cc2nc(-c3cc4cccc(C5CCN(C(=O)Nc6ccccc6)CC5)c4n3CC3CC3)n(C)c12. The first-order chi connectivity index (χ1) is 24.4. The molecule has 0 spiro atoms. The molecule has 3 atom stereocenters. The van der Waals surface area contributed by atoms with Crippen molar-refractivity contribution in [1.29, 1.82) is 0 Å². The summed E-state index contributed by atoms with van der Waals surface area (Å²) in [6, 6.07) is 22.6. The largest absolute Gasteiger partial charge is 0.494 e. The molecule has 0 unspecified atom stereocenters. The third-order valence-corrected chi connectivity index (χ3v) is 11.9. The zero-order chi connectivity index (χ0) is 34.1. The number of nitrogens with zero attached hydrogens (tertiary/aromatic N) is 5. The van der Waals surface area contributed by atoms with Gasteiger partial charge < -0.3 is 34.7 Å². The number of anilines is 1. The van der Waals surface area contributed by atoms with Crippen molar-refractivity contribution in [3.63, 3.8) is 0 Å². The normalized spacial score (nSPS) is 22.2. The minimum atomic E-state index is -0.0365. The molecule has 3 amide bonds. The predicted octanol–water partition coefficient (Wildman–Crippen LogP) is 6.59. The number of methoxy groups -OCH3 is 1. The van der Waals surface area contributed by atoms with Crippen molar-refractivity contribution in [3.05, 3.63) is 77.9 Å². The molecule has 9 rings (SSSR count). The number of hydrogen-bond donors (Lipinski definition) is 2. The Kier molecular flexibility index (Phi) is 7.60. The standard InChI is InChI=1S/C40H45N7O3/c1-44-37-31(19-28(21-34(37)50-2)39(48)47-23-27-13-14-32(47)35(27)41)43-38(44)33-20-26-7-6-10-30(36(26)46(33)22-24-11-12-24)25-15-17-45(18-16-25)40(49)42-29-8-4-3-5-9-29/h3-10,19-21,24-25,27,32,35H,11-18,22-23,41H2,1-2H3,(H,42,49)/t27-,32-,35-/m1/s1. The second-order valence-corrected chi connectivity index (χ2v) is 14.9. The molecular formula is C40H45N7O3. The van der Waals surface area contributed by atoms with Crippen molar-refractivity contribution in [1.82, 2.24) is 23.9 Å². The number of likely N-dealkylation sites (tertiary alicyclic amines) is 2. The molecule has 2 bridgehead atoms. The van der Waals surface area contributed by atoms with Crippen LogP contribution in [0.15, 0.2) is 66.7 Å². The van der Waals surface area contributed by atoms with E-state index in [-0.39, 0.29) is 24.0 Å². The highest BCUT2D eigenvalue weighted by Crippen LogP contribution is 2.42. The Morgan fingerprint density at radius 3 is 2.44 bits per heavy atom. The van der Waals surface area contributed by atoms with E-state index >= 15 is 0 Å². The van der Waals surface area contributed by atoms with Gasteiger partial charge in [-0.2, -0.15) is 0 Å². The molecule has 10 nitrogen and oxygen atoms in total. The summed E-state index contributed by atoms with van der Waals surface area (Å²) in [6.45, 7) is 3.09. The van der Waals surface area contributed by atoms with Crippen LogP contribution in [0.5, 0.6) is 5.75 Å². The highest BCUT2D eigenvalue weighted by atomic mass is 16.5. The second kappa shape index (κ2) is 12.2. The van der Waals surface area contributed by atoms with Gasteiger partial charge in [-0.1, -0.05) is 36.4 Å². The molecule has 3 N–H and O–H groups in total. The number of piperidine rings is 2. The number of imidazole rings is 1. The van der Waals surface area contributed by atoms with Gasteiger partial charge in [0.1, 0.15) is 11.3 Å². The fraction of sp³-hybridized carbons (Fsp3) is 0.425. The van der Waals surface area contributed by atoms with Crippen LogP contribution in [0.1, 0.15) is 60.4 Å². The Morgan fingerprint density at radius 2 is 1.74 bits per heavy atom. The van der Waals surface area contributed by atoms with Gasteiger partial charge in [0.25, 0.3) is 5.91 Å². The van der Waals surface area contributed by atoms with Gasteiger partial charge in [0.05, 0.1) is 23.8 Å². The number of amides is 3. The zero-order valence-corrected chi connectivity index (χ0v) is 28.8. The number of fused-ring (bicyclic) bond motifs is 4. The monoisotopic (exact) mass is 671 g/mol. The van der Waals surface area contributed by atoms with Crippen LogP contribution in [0.3, 0.4) is 0 Å². The molecule has 5 aromatic rings. The van der Waals surface area contributed by atoms with Crippen LogP contribution in [0.2, 0.25) is 0 Å². The minimum absolute atomic E-state index is 0.0103. The van der Waals surface area contributed by atoms with Crippen LogP contribution in [0.4, 0.5) is 10.5 Å². The highest BCUT2D eigenvalue weighted by molar-refractivity contribution is 6.01. The summed E-state index contributed by atoms with van der Waals surface area (Å²) in [6.07, 6.45) is 6.37. The van der Waals surface area contributed by atoms with E-state index < -0.39 is 0 Å². The lowest BCUT2D eigenvalue weighted by Gasteiger charge is -2.32. The predicted molar refractivity (Wildman–Crippen MR) is 195 cm³/mol. The smallest absolute Gasteiger partial charge is 0.321 e. The molecule has 4 aliphatic rings. The summed E-state index contributed by atoms with van der Waals surface area (Å²) in [5.41, 5.74) is 13.2. The summed E-state index contributed by atoms with van der Waals surface area (Å²) < 4.78 is 10.5. The number of carbonyl (C=O) groups is 2. The maximum atomic E-state index is 13.8. The lowest BCUT2D eigenvalue weighted by atomic mass is 9.88. The molecule has 50 heavy (non-hydrogen) atoms. The van der Waals surface area contributed by atoms with E-state index in [0.717, 1.165) is 67.0 Å². The molecule has 2 saturated heterocycles. The molecule has 10 heteroatoms. The maximum Gasteiger partial charge on any atom is 0.321 e. The number of benzene rings is 3. The van der Waals surface area contributed by atoms with Gasteiger partial charge in [-0.3, -0.25) is 4.79 Å². The Balaban J connectivity index is 1.05. The van der Waals surface area contributed by atoms with Crippen molar-refractivity contribution in [3.8, 4) is 17.3 Å². The minimum Gasteiger partial charge on any atom is -0.494 e. The van der Waals surface area contributed by atoms with Crippen LogP contribution in [-0.4, -0.2) is 74.7 Å². The number of aryl methyl sites for hydroxylation is 1. The average molecular weight is 672 g/mol. The molecule has 3 aromatic carbocycles. The molecule has 2 aromatic heterocycles. The Morgan fingerprint density at radius 1 is 0.940 bits per heavy atom. The molecular weight excluding hydrogens is 626 g/mol. The summed E-state index contributed by atoms with van der Waals surface area (Å²) in [4.78, 5) is 36.0. The van der Waals surface area contributed by atoms with Gasteiger partial charge in [0.2, 0.25) is 0 Å². The summed E-state index contributed by atoms with van der Waals surface area (Å²) in [5.74, 6) is 2.91. The quantitative estimate of drug-likeness (QED) is 0.203. The first-order valence-electron chi connectivity index (χ1n) is 18.2. The van der Waals surface area contributed by atoms with E-state index in [4.69, 9.17) is 15.5 Å². The number of urea groups is 1. The Bertz CT molecular complexity index is 2110. The Labute approximate surface area is 292 Å². The molecule has 4 fully saturated rings. The lowest BCUT2D eigenvalue weighted by Crippen LogP contribution is -2.41. The zero-order valence-electron chi connectivity index (χ0n) is 28.8. The van der Waals surface area contributed by atoms with Gasteiger partial charge in [-0.15, -0.1) is 0 Å². The highest BCUT2D eigenvalue weighted by Gasteiger charge is 2.47. The van der Waals surface area contributed by atoms with Crippen LogP contribution < -0.4 is 15.8 Å². The van der Waals surface area contributed by atoms with Crippen molar-refractivity contribution in [2.75, 3.05) is 32.1 Å². The van der Waals surface area contributed by atoms with E-state index in [2.05, 4.69) is 38.7 Å². The average Bonchev–Trinajstić information content (AvgIpc) is 3.53. The van der Waals surface area contributed by atoms with E-state index in [1.807, 2.05) is 59.3 Å². The summed E-state index contributed by atoms with van der Waals surface area (Å²) in [5, 5.41) is 4.26. The second-order valence-electron chi connectivity index (χ2n) is 14.9. The topological polar surface area (TPSA) is 111 Å². The van der Waals surface area contributed by atoms with Gasteiger partial charge in [0.15, 0.2) is 5.82 Å². The van der Waals surface area contributed by atoms with Crippen LogP contribution in [0.25, 0.3) is 33.5 Å². The van der Waals surface area contributed by atoms with Crippen molar-refractivity contribution in [2.45, 2.75) is 63.1 Å². The first kappa shape index (κ1) is 31.2. The van der Waals surface area contributed by atoms with Crippen LogP contribution in [0, 0.1) is 11.8 Å². The summed E-state index contributed by atoms with van der Waals surface area (Å²) >= 11 is 0. The van der Waals surface area contributed by atoms with Crippen molar-refractivity contribution in [2.24, 2.45) is 24.6 Å². The number of aromatic nitrogens is 3. The molecule has 258 valence electrons. The van der Waals surface area contributed by atoms with Crippen LogP contribution >= 0.6 is 0 Å². The number of hydrogen-bond acceptors (Lipinski definition) is 5. The number of nitrogens with one attached hydrogen (secondary N) is 1. The number of carbonyl (C=O) groups excluding carboxylic acids is 2. The summed E-state index contributed by atoms with van der Waals surface area (Å²) in [7, 11) is 3.71. The van der Waals surface area contributed by atoms with E-state index in [9.17, 15) is 9.59 Å². The van der Waals surface area contributed by atoms with Crippen molar-refractivity contribution < 1.29 is 14.3 Å². The molecule has 4 heterocycles. The number of para-hydroxylation sites is 2. The third-order valence-electron chi connectivity index (χ3n) is 11.9. The number of ether oxygens (including phenoxy) is 1. The van der Waals surface area contributed by atoms with Gasteiger partial charge in [-0.25, -0.2) is 9.78 Å². The molecule has 2 aliphatic carbocycles. The first-order valence-corrected chi connectivity index (χ1v) is 18.2. The van der Waals surface area contributed by atoms with Gasteiger partial charge in [-0.05, 0) is 92.2 Å². The Hall–Kier alpha value is -4.83. The van der Waals surface area contributed by atoms with Gasteiger partial charge >= 0.3 is 6.03 Å². The van der Waals surface area contributed by atoms with E-state index in [0.29, 0.717) is 42.2 Å². The third kappa shape index (κ3) is 5.23. The molecule has 0 radical (unpaired) electrons. The number of nitrogens with two attached hydrogens (primary N) is 1. The van der Waals surface area contributed by atoms with E-state index in [1.54, 1.807) is 7.11 Å². The molecule has 2 saturated carbocycles. The van der Waals surface area contributed by atoms with Crippen molar-refractivity contribution >= 4 is 39.6 Å². The van der Waals surface area contributed by atoms with Gasteiger partial charge in [0, 0.05) is 61.9 Å². The van der Waals surface area contributed by atoms with E-state index in [1.165, 1.54) is 29.3 Å². The maximum absolute atomic E-state index is 13.8. The fourth-order valence-corrected chi connectivity index (χ4v) is 9.00. The van der Waals surface area contributed by atoms with Crippen LogP contribution in [-0.2, 0) is 13.6 Å². The molecule has 2 aliphatic heterocycles. The fourth-order valence-electron chi connectivity index (χ4n) is 9.00. The lowest BCUT2D eigenvalue weighted by molar-refractivity contribution is 0.0700.